The third-order valence-corrected chi connectivity index (χ3v) is 1.94. The zero-order valence-corrected chi connectivity index (χ0v) is 7.09. The van der Waals surface area contributed by atoms with Gasteiger partial charge in [-0.2, -0.15) is 0 Å². The monoisotopic (exact) mass is 175 g/mol. The summed E-state index contributed by atoms with van der Waals surface area (Å²) in [4.78, 5) is 4.16. The van der Waals surface area contributed by atoms with E-state index in [1.807, 2.05) is 6.20 Å². The second kappa shape index (κ2) is 3.84. The van der Waals surface area contributed by atoms with Crippen LogP contribution in [0.1, 0.15) is 19.3 Å². The molecule has 13 heavy (non-hydrogen) atoms. The Morgan fingerprint density at radius 3 is 1.92 bits per heavy atom. The smallest absolute Gasteiger partial charge is 0.0716 e. The number of hydrogen-bond acceptors (Lipinski definition) is 5. The summed E-state index contributed by atoms with van der Waals surface area (Å²) in [6, 6.07) is 0. The van der Waals surface area contributed by atoms with E-state index in [-0.39, 0.29) is 0 Å². The Morgan fingerprint density at radius 2 is 1.77 bits per heavy atom. The van der Waals surface area contributed by atoms with Crippen molar-refractivity contribution in [1.82, 2.24) is 20.6 Å². The Labute approximate surface area is 75.6 Å². The largest absolute Gasteiger partial charge is 0.265 e. The van der Waals surface area contributed by atoms with E-state index in [2.05, 4.69) is 25.6 Å². The van der Waals surface area contributed by atoms with Gasteiger partial charge in [0.15, 0.2) is 0 Å². The number of aromatic nitrogens is 4. The molecule has 0 spiro atoms. The summed E-state index contributed by atoms with van der Waals surface area (Å²) in [5.41, 5.74) is 2.94. The molecule has 0 radical (unpaired) electrons. The highest BCUT2D eigenvalue weighted by Gasteiger charge is 2.16. The average Bonchev–Trinajstić information content (AvgIpc) is 2.85. The molecule has 2 bridgehead atoms. The normalized spacial score (nSPS) is 17.2. The van der Waals surface area contributed by atoms with Crippen LogP contribution >= 0.6 is 0 Å². The first-order valence-electron chi connectivity index (χ1n) is 4.13. The van der Waals surface area contributed by atoms with Crippen molar-refractivity contribution in [1.29, 1.82) is 0 Å². The van der Waals surface area contributed by atoms with Crippen LogP contribution in [0.3, 0.4) is 0 Å². The van der Waals surface area contributed by atoms with E-state index >= 15 is 0 Å². The summed E-state index contributed by atoms with van der Waals surface area (Å²) in [6.07, 6.45) is 8.67. The summed E-state index contributed by atoms with van der Waals surface area (Å²) >= 11 is 0. The minimum Gasteiger partial charge on any atom is -0.265 e. The highest BCUT2D eigenvalue weighted by molar-refractivity contribution is 5.92. The minimum atomic E-state index is 1.19. The van der Waals surface area contributed by atoms with Gasteiger partial charge in [-0.1, -0.05) is 0 Å². The van der Waals surface area contributed by atoms with Crippen LogP contribution in [0.4, 0.5) is 0 Å². The van der Waals surface area contributed by atoms with E-state index in [9.17, 15) is 0 Å². The van der Waals surface area contributed by atoms with E-state index in [4.69, 9.17) is 0 Å². The Balaban J connectivity index is 0.000000102. The lowest BCUT2D eigenvalue weighted by Crippen LogP contribution is -1.84. The van der Waals surface area contributed by atoms with Crippen LogP contribution in [0.15, 0.2) is 29.2 Å². The highest BCUT2D eigenvalue weighted by atomic mass is 15.4. The first kappa shape index (κ1) is 7.97. The SMILES string of the molecule is C1=C2CCC(=N1)C2.c1cnnnn1. The second-order valence-corrected chi connectivity index (χ2v) is 2.87. The number of hydrogen-bond donors (Lipinski definition) is 0. The average molecular weight is 175 g/mol. The number of fused-ring (bicyclic) bond motifs is 2. The van der Waals surface area contributed by atoms with Gasteiger partial charge in [-0.15, -0.1) is 10.2 Å². The Hall–Kier alpha value is -1.65. The third-order valence-electron chi connectivity index (χ3n) is 1.94. The van der Waals surface area contributed by atoms with Crippen LogP contribution in [0, 0.1) is 0 Å². The van der Waals surface area contributed by atoms with Gasteiger partial charge in [0.25, 0.3) is 0 Å². The Morgan fingerprint density at radius 1 is 1.00 bits per heavy atom. The lowest BCUT2D eigenvalue weighted by atomic mass is 10.3. The molecule has 2 heterocycles. The first-order valence-corrected chi connectivity index (χ1v) is 4.13. The number of nitrogens with zero attached hydrogens (tertiary/aromatic N) is 5. The maximum absolute atomic E-state index is 4.16. The van der Waals surface area contributed by atoms with E-state index < -0.39 is 0 Å². The van der Waals surface area contributed by atoms with Crippen LogP contribution in [0.2, 0.25) is 0 Å². The van der Waals surface area contributed by atoms with Crippen LogP contribution in [0.25, 0.3) is 0 Å². The Bertz CT molecular complexity index is 285. The van der Waals surface area contributed by atoms with Crippen molar-refractivity contribution in [3.63, 3.8) is 0 Å². The van der Waals surface area contributed by atoms with E-state index in [1.165, 1.54) is 42.9 Å². The van der Waals surface area contributed by atoms with Crippen LogP contribution in [-0.2, 0) is 0 Å². The Kier molecular flexibility index (Phi) is 2.35. The van der Waals surface area contributed by atoms with Gasteiger partial charge in [0, 0.05) is 18.3 Å². The molecule has 2 aliphatic rings. The number of allylic oxidation sites excluding steroid dienone is 1. The highest BCUT2D eigenvalue weighted by Crippen LogP contribution is 2.26. The van der Waals surface area contributed by atoms with Gasteiger partial charge in [-0.3, -0.25) is 4.99 Å². The molecule has 66 valence electrons. The van der Waals surface area contributed by atoms with Crippen molar-refractivity contribution < 1.29 is 0 Å². The van der Waals surface area contributed by atoms with Crippen molar-refractivity contribution in [3.8, 4) is 0 Å². The van der Waals surface area contributed by atoms with E-state index in [1.54, 1.807) is 0 Å². The van der Waals surface area contributed by atoms with E-state index in [0.717, 1.165) is 0 Å². The molecule has 0 atom stereocenters. The van der Waals surface area contributed by atoms with Crippen molar-refractivity contribution in [3.05, 3.63) is 24.2 Å². The van der Waals surface area contributed by atoms with Gasteiger partial charge in [0.05, 0.1) is 12.4 Å². The fraction of sp³-hybridized carbons (Fsp3) is 0.375. The van der Waals surface area contributed by atoms with Gasteiger partial charge in [0.1, 0.15) is 0 Å². The molecule has 1 aliphatic carbocycles. The summed E-state index contributed by atoms with van der Waals surface area (Å²) in [7, 11) is 0. The molecular weight excluding hydrogens is 166 g/mol. The van der Waals surface area contributed by atoms with Gasteiger partial charge >= 0.3 is 0 Å². The molecule has 1 aromatic heterocycles. The van der Waals surface area contributed by atoms with Crippen molar-refractivity contribution >= 4 is 5.71 Å². The molecule has 3 rings (SSSR count). The molecule has 0 amide bonds. The molecule has 5 heteroatoms. The molecular formula is C8H9N5. The van der Waals surface area contributed by atoms with Crippen molar-refractivity contribution in [2.75, 3.05) is 0 Å². The molecule has 0 unspecified atom stereocenters. The van der Waals surface area contributed by atoms with Crippen LogP contribution in [-0.4, -0.2) is 26.3 Å². The topological polar surface area (TPSA) is 63.9 Å². The first-order chi connectivity index (χ1) is 6.45. The fourth-order valence-electron chi connectivity index (χ4n) is 1.31. The second-order valence-electron chi connectivity index (χ2n) is 2.87. The molecule has 0 saturated heterocycles. The molecule has 0 N–H and O–H groups in total. The zero-order valence-electron chi connectivity index (χ0n) is 7.09. The van der Waals surface area contributed by atoms with Crippen LogP contribution < -0.4 is 0 Å². The maximum Gasteiger partial charge on any atom is 0.0716 e. The molecule has 5 nitrogen and oxygen atoms in total. The lowest BCUT2D eigenvalue weighted by Gasteiger charge is -1.87. The summed E-state index contributed by atoms with van der Waals surface area (Å²) in [5, 5.41) is 13.1. The van der Waals surface area contributed by atoms with Crippen molar-refractivity contribution in [2.24, 2.45) is 4.99 Å². The maximum atomic E-state index is 4.16. The number of aliphatic imine (C=N–C) groups is 1. The fourth-order valence-corrected chi connectivity index (χ4v) is 1.31. The van der Waals surface area contributed by atoms with Gasteiger partial charge in [-0.05, 0) is 28.8 Å². The summed E-state index contributed by atoms with van der Waals surface area (Å²) in [5.74, 6) is 0. The van der Waals surface area contributed by atoms with Gasteiger partial charge < -0.3 is 0 Å². The molecule has 1 aliphatic heterocycles. The molecule has 0 aromatic carbocycles. The zero-order chi connectivity index (χ0) is 8.93. The van der Waals surface area contributed by atoms with Crippen LogP contribution in [0.5, 0.6) is 0 Å². The minimum absolute atomic E-state index is 1.19. The lowest BCUT2D eigenvalue weighted by molar-refractivity contribution is 0.761. The number of rotatable bonds is 0. The predicted molar refractivity (Wildman–Crippen MR) is 47.0 cm³/mol. The van der Waals surface area contributed by atoms with Gasteiger partial charge in [0.2, 0.25) is 0 Å². The predicted octanol–water partition coefficient (Wildman–Crippen LogP) is 0.775. The third kappa shape index (κ3) is 2.14. The molecule has 1 fully saturated rings. The summed E-state index contributed by atoms with van der Waals surface area (Å²) < 4.78 is 0. The quantitative estimate of drug-likeness (QED) is 0.584. The van der Waals surface area contributed by atoms with Gasteiger partial charge in [-0.25, -0.2) is 0 Å². The van der Waals surface area contributed by atoms with Crippen molar-refractivity contribution in [2.45, 2.75) is 19.3 Å². The molecule has 1 saturated carbocycles. The summed E-state index contributed by atoms with van der Waals surface area (Å²) in [6.45, 7) is 0. The standard InChI is InChI=1S/C6H7N.C2H2N4/c1-2-6-3-5(1)4-7-6;1-2-4-6-5-3-1/h4H,1-3H2;1-2H. The van der Waals surface area contributed by atoms with E-state index in [0.29, 0.717) is 0 Å². The molecule has 1 aromatic rings.